The van der Waals surface area contributed by atoms with E-state index in [0.29, 0.717) is 0 Å². The monoisotopic (exact) mass is 219 g/mol. The van der Waals surface area contributed by atoms with Gasteiger partial charge in [-0.15, -0.1) is 0 Å². The molecule has 0 aromatic rings. The van der Waals surface area contributed by atoms with Crippen molar-refractivity contribution < 1.29 is 24.8 Å². The third kappa shape index (κ3) is 2.37. The molecule has 0 radical (unpaired) electrons. The molecule has 8 nitrogen and oxygen atoms in total. The van der Waals surface area contributed by atoms with E-state index in [9.17, 15) is 10.2 Å². The highest BCUT2D eigenvalue weighted by molar-refractivity contribution is 4.93. The molecule has 0 aliphatic carbocycles. The Bertz CT molecular complexity index is 257. The van der Waals surface area contributed by atoms with Crippen LogP contribution in [0.4, 0.5) is 0 Å². The lowest BCUT2D eigenvalue weighted by atomic mass is 9.97. The summed E-state index contributed by atoms with van der Waals surface area (Å²) in [6.45, 7) is -0.457. The molecule has 0 saturated carbocycles. The number of methoxy groups -OCH3 is 1. The van der Waals surface area contributed by atoms with Crippen LogP contribution in [0, 0.1) is 0 Å². The lowest BCUT2D eigenvalue weighted by molar-refractivity contribution is -0.253. The quantitative estimate of drug-likeness (QED) is 0.310. The normalized spacial score (nSPS) is 40.9. The van der Waals surface area contributed by atoms with Crippen molar-refractivity contribution >= 4 is 0 Å². The Hall–Kier alpha value is -0.890. The highest BCUT2D eigenvalue weighted by Gasteiger charge is 2.44. The Balaban J connectivity index is 2.85. The van der Waals surface area contributed by atoms with Crippen molar-refractivity contribution in [2.45, 2.75) is 30.6 Å². The Morgan fingerprint density at radius 3 is 2.67 bits per heavy atom. The molecule has 3 N–H and O–H groups in total. The second kappa shape index (κ2) is 5.26. The van der Waals surface area contributed by atoms with Crippen molar-refractivity contribution in [2.75, 3.05) is 13.7 Å². The van der Waals surface area contributed by atoms with Gasteiger partial charge in [-0.25, -0.2) is 0 Å². The molecule has 86 valence electrons. The Kier molecular flexibility index (Phi) is 4.28. The maximum Gasteiger partial charge on any atom is 0.166 e. The van der Waals surface area contributed by atoms with E-state index >= 15 is 0 Å². The number of hydrogen-bond acceptors (Lipinski definition) is 6. The number of nitrogens with zero attached hydrogens (tertiary/aromatic N) is 3. The van der Waals surface area contributed by atoms with Gasteiger partial charge in [0, 0.05) is 12.0 Å². The molecule has 1 aliphatic heterocycles. The van der Waals surface area contributed by atoms with Crippen LogP contribution < -0.4 is 0 Å². The molecule has 0 aromatic carbocycles. The van der Waals surface area contributed by atoms with Crippen molar-refractivity contribution in [1.29, 1.82) is 0 Å². The summed E-state index contributed by atoms with van der Waals surface area (Å²) >= 11 is 0. The number of ether oxygens (including phenoxy) is 2. The molecule has 8 heteroatoms. The predicted molar refractivity (Wildman–Crippen MR) is 47.7 cm³/mol. The first-order valence-corrected chi connectivity index (χ1v) is 4.35. The summed E-state index contributed by atoms with van der Waals surface area (Å²) in [6, 6.07) is -1.03. The molecule has 1 fully saturated rings. The second-order valence-electron chi connectivity index (χ2n) is 3.13. The lowest BCUT2D eigenvalue weighted by Crippen LogP contribution is -2.58. The largest absolute Gasteiger partial charge is 0.394 e. The van der Waals surface area contributed by atoms with Gasteiger partial charge in [0.1, 0.15) is 18.2 Å². The van der Waals surface area contributed by atoms with Crippen LogP contribution in [0.25, 0.3) is 10.4 Å². The van der Waals surface area contributed by atoms with E-state index in [-0.39, 0.29) is 0 Å². The highest BCUT2D eigenvalue weighted by Crippen LogP contribution is 2.24. The lowest BCUT2D eigenvalue weighted by Gasteiger charge is -2.39. The molecule has 1 heterocycles. The van der Waals surface area contributed by atoms with Gasteiger partial charge in [0.2, 0.25) is 0 Å². The number of aliphatic hydroxyl groups excluding tert-OH is 3. The van der Waals surface area contributed by atoms with Crippen molar-refractivity contribution in [1.82, 2.24) is 0 Å². The molecule has 5 atom stereocenters. The summed E-state index contributed by atoms with van der Waals surface area (Å²) in [5.74, 6) is 0. The fourth-order valence-corrected chi connectivity index (χ4v) is 1.53. The molecule has 15 heavy (non-hydrogen) atoms. The van der Waals surface area contributed by atoms with Gasteiger partial charge in [-0.1, -0.05) is 5.11 Å². The van der Waals surface area contributed by atoms with Crippen molar-refractivity contribution in [3.8, 4) is 0 Å². The highest BCUT2D eigenvalue weighted by atomic mass is 16.6. The minimum Gasteiger partial charge on any atom is -0.394 e. The third-order valence-corrected chi connectivity index (χ3v) is 2.30. The van der Waals surface area contributed by atoms with E-state index in [1.807, 2.05) is 0 Å². The van der Waals surface area contributed by atoms with Crippen LogP contribution in [0.3, 0.4) is 0 Å². The van der Waals surface area contributed by atoms with Gasteiger partial charge in [-0.3, -0.25) is 0 Å². The summed E-state index contributed by atoms with van der Waals surface area (Å²) < 4.78 is 9.76. The molecule has 1 aliphatic rings. The van der Waals surface area contributed by atoms with Crippen LogP contribution in [0.1, 0.15) is 0 Å². The van der Waals surface area contributed by atoms with Crippen LogP contribution in [0.2, 0.25) is 0 Å². The summed E-state index contributed by atoms with van der Waals surface area (Å²) in [5, 5.41) is 31.2. The van der Waals surface area contributed by atoms with Crippen LogP contribution in [-0.4, -0.2) is 59.7 Å². The van der Waals surface area contributed by atoms with Crippen molar-refractivity contribution in [3.63, 3.8) is 0 Å². The van der Waals surface area contributed by atoms with E-state index in [1.54, 1.807) is 0 Å². The van der Waals surface area contributed by atoms with Crippen LogP contribution >= 0.6 is 0 Å². The zero-order valence-electron chi connectivity index (χ0n) is 8.09. The van der Waals surface area contributed by atoms with Crippen LogP contribution in [0.5, 0.6) is 0 Å². The zero-order chi connectivity index (χ0) is 11.4. The number of azide groups is 1. The topological polar surface area (TPSA) is 128 Å². The zero-order valence-corrected chi connectivity index (χ0v) is 8.09. The molecular weight excluding hydrogens is 206 g/mol. The Morgan fingerprint density at radius 2 is 2.20 bits per heavy atom. The Morgan fingerprint density at radius 1 is 1.53 bits per heavy atom. The molecule has 0 aromatic heterocycles. The number of aliphatic hydroxyl groups is 3. The first-order valence-electron chi connectivity index (χ1n) is 4.35. The van der Waals surface area contributed by atoms with Gasteiger partial charge in [-0.05, 0) is 5.53 Å². The van der Waals surface area contributed by atoms with Crippen LogP contribution in [0.15, 0.2) is 5.11 Å². The van der Waals surface area contributed by atoms with E-state index in [0.717, 1.165) is 0 Å². The molecule has 0 bridgehead atoms. The molecule has 0 spiro atoms. The first kappa shape index (κ1) is 12.2. The second-order valence-corrected chi connectivity index (χ2v) is 3.13. The number of rotatable bonds is 3. The van der Waals surface area contributed by atoms with Gasteiger partial charge in [0.05, 0.1) is 12.7 Å². The number of hydrogen-bond donors (Lipinski definition) is 3. The van der Waals surface area contributed by atoms with E-state index in [1.165, 1.54) is 7.11 Å². The van der Waals surface area contributed by atoms with Crippen molar-refractivity contribution in [2.24, 2.45) is 5.11 Å². The smallest absolute Gasteiger partial charge is 0.166 e. The minimum absolute atomic E-state index is 0.457. The predicted octanol–water partition coefficient (Wildman–Crippen LogP) is -1.25. The summed E-state index contributed by atoms with van der Waals surface area (Å²) in [7, 11) is 1.31. The molecule has 1 saturated heterocycles. The van der Waals surface area contributed by atoms with Gasteiger partial charge < -0.3 is 24.8 Å². The molecular formula is C7H13N3O5. The van der Waals surface area contributed by atoms with Gasteiger partial charge in [0.15, 0.2) is 6.29 Å². The van der Waals surface area contributed by atoms with E-state index in [2.05, 4.69) is 10.0 Å². The maximum atomic E-state index is 9.64. The third-order valence-electron chi connectivity index (χ3n) is 2.30. The van der Waals surface area contributed by atoms with Crippen LogP contribution in [-0.2, 0) is 9.47 Å². The average molecular weight is 219 g/mol. The average Bonchev–Trinajstić information content (AvgIpc) is 2.23. The molecule has 1 rings (SSSR count). The first-order chi connectivity index (χ1) is 7.15. The summed E-state index contributed by atoms with van der Waals surface area (Å²) in [4.78, 5) is 2.52. The van der Waals surface area contributed by atoms with E-state index < -0.39 is 37.3 Å². The van der Waals surface area contributed by atoms with Gasteiger partial charge in [0.25, 0.3) is 0 Å². The maximum absolute atomic E-state index is 9.64. The summed E-state index contributed by atoms with van der Waals surface area (Å²) in [5.41, 5.74) is 8.26. The fourth-order valence-electron chi connectivity index (χ4n) is 1.53. The standard InChI is InChI=1S/C7H13N3O5/c1-14-6-4(9-10-8)7(13)15-3(2-11)5(6)12/h3-7,11-13H,2H2,1H3/t3-,4-,5-,6-,7-/m1/s1. The Labute approximate surface area is 85.7 Å². The van der Waals surface area contributed by atoms with Gasteiger partial charge in [-0.2, -0.15) is 0 Å². The summed E-state index contributed by atoms with van der Waals surface area (Å²) in [6.07, 6.45) is -4.40. The van der Waals surface area contributed by atoms with Gasteiger partial charge >= 0.3 is 0 Å². The molecule has 0 unspecified atom stereocenters. The SMILES string of the molecule is CO[C@H]1[C@H](O)[C@@H](CO)O[C@@H](O)[C@@H]1N=[N+]=[N-]. The molecule has 0 amide bonds. The van der Waals surface area contributed by atoms with Crippen molar-refractivity contribution in [3.05, 3.63) is 10.4 Å². The minimum atomic E-state index is -1.40. The fraction of sp³-hybridized carbons (Fsp3) is 1.00. The van der Waals surface area contributed by atoms with E-state index in [4.69, 9.17) is 20.1 Å².